The van der Waals surface area contributed by atoms with Gasteiger partial charge in [-0.15, -0.1) is 0 Å². The largest absolute Gasteiger partial charge is 0.388 e. The Labute approximate surface area is 119 Å². The van der Waals surface area contributed by atoms with Gasteiger partial charge in [0.15, 0.2) is 0 Å². The predicted octanol–water partition coefficient (Wildman–Crippen LogP) is 3.13. The molecule has 0 aliphatic heterocycles. The minimum atomic E-state index is -0.681. The van der Waals surface area contributed by atoms with Crippen molar-refractivity contribution in [2.24, 2.45) is 7.05 Å². The average Bonchev–Trinajstić information content (AvgIpc) is 2.71. The highest BCUT2D eigenvalue weighted by Crippen LogP contribution is 2.30. The minimum absolute atomic E-state index is 0.139. The van der Waals surface area contributed by atoms with Gasteiger partial charge in [-0.25, -0.2) is 4.39 Å². The maximum Gasteiger partial charge on any atom is 0.123 e. The summed E-state index contributed by atoms with van der Waals surface area (Å²) in [5.41, 5.74) is 2.33. The molecule has 0 fully saturated rings. The van der Waals surface area contributed by atoms with Crippen molar-refractivity contribution in [2.75, 3.05) is 0 Å². The van der Waals surface area contributed by atoms with E-state index in [4.69, 9.17) is 0 Å². The van der Waals surface area contributed by atoms with Gasteiger partial charge in [0, 0.05) is 30.6 Å². The fourth-order valence-electron chi connectivity index (χ4n) is 2.33. The highest BCUT2D eigenvalue weighted by Gasteiger charge is 2.25. The molecule has 2 aromatic rings. The van der Waals surface area contributed by atoms with Crippen molar-refractivity contribution in [2.45, 2.75) is 38.7 Å². The van der Waals surface area contributed by atoms with E-state index in [0.29, 0.717) is 6.42 Å². The summed E-state index contributed by atoms with van der Waals surface area (Å²) in [6.45, 7) is 6.19. The average molecular weight is 276 g/mol. The van der Waals surface area contributed by atoms with Gasteiger partial charge < -0.3 is 5.11 Å². The molecule has 3 nitrogen and oxygen atoms in total. The number of aliphatic hydroxyl groups excluding tert-OH is 1. The summed E-state index contributed by atoms with van der Waals surface area (Å²) in [5, 5.41) is 14.9. The molecule has 0 spiro atoms. The Morgan fingerprint density at radius 3 is 2.65 bits per heavy atom. The van der Waals surface area contributed by atoms with E-state index in [1.807, 2.05) is 19.3 Å². The number of aliphatic hydroxyl groups is 1. The van der Waals surface area contributed by atoms with E-state index < -0.39 is 6.10 Å². The van der Waals surface area contributed by atoms with Crippen LogP contribution in [0.4, 0.5) is 4.39 Å². The Kier molecular flexibility index (Phi) is 3.95. The quantitative estimate of drug-likeness (QED) is 0.935. The summed E-state index contributed by atoms with van der Waals surface area (Å²) in [7, 11) is 1.84. The molecular weight excluding hydrogens is 255 g/mol. The maximum absolute atomic E-state index is 13.2. The Morgan fingerprint density at radius 1 is 1.35 bits per heavy atom. The van der Waals surface area contributed by atoms with Crippen LogP contribution in [0.25, 0.3) is 0 Å². The van der Waals surface area contributed by atoms with E-state index >= 15 is 0 Å². The molecule has 1 N–H and O–H groups in total. The van der Waals surface area contributed by atoms with Gasteiger partial charge in [0.05, 0.1) is 11.8 Å². The van der Waals surface area contributed by atoms with Gasteiger partial charge in [-0.3, -0.25) is 4.68 Å². The lowest BCUT2D eigenvalue weighted by Gasteiger charge is -2.20. The van der Waals surface area contributed by atoms with Crippen LogP contribution in [0.2, 0.25) is 0 Å². The van der Waals surface area contributed by atoms with Gasteiger partial charge >= 0.3 is 0 Å². The summed E-state index contributed by atoms with van der Waals surface area (Å²) < 4.78 is 14.9. The number of hydrogen-bond acceptors (Lipinski definition) is 2. The van der Waals surface area contributed by atoms with Crippen molar-refractivity contribution in [1.82, 2.24) is 9.78 Å². The molecule has 0 bridgehead atoms. The molecule has 0 radical (unpaired) electrons. The molecule has 108 valence electrons. The predicted molar refractivity (Wildman–Crippen MR) is 77.0 cm³/mol. The summed E-state index contributed by atoms with van der Waals surface area (Å²) >= 11 is 0. The number of aryl methyl sites for hydroxylation is 1. The van der Waals surface area contributed by atoms with E-state index in [9.17, 15) is 9.50 Å². The summed E-state index contributed by atoms with van der Waals surface area (Å²) in [6.07, 6.45) is 1.54. The molecule has 1 heterocycles. The first-order valence-corrected chi connectivity index (χ1v) is 6.74. The van der Waals surface area contributed by atoms with Gasteiger partial charge in [0.25, 0.3) is 0 Å². The number of rotatable bonds is 3. The second-order valence-electron chi connectivity index (χ2n) is 6.21. The second kappa shape index (κ2) is 5.37. The number of nitrogens with zero attached hydrogens (tertiary/aromatic N) is 2. The first kappa shape index (κ1) is 14.7. The van der Waals surface area contributed by atoms with Crippen LogP contribution in [-0.2, 0) is 18.9 Å². The molecule has 1 aromatic heterocycles. The molecule has 1 aromatic carbocycles. The van der Waals surface area contributed by atoms with Crippen LogP contribution in [0.1, 0.15) is 43.7 Å². The monoisotopic (exact) mass is 276 g/mol. The van der Waals surface area contributed by atoms with Crippen LogP contribution in [0.15, 0.2) is 30.5 Å². The van der Waals surface area contributed by atoms with Crippen molar-refractivity contribution in [3.05, 3.63) is 53.1 Å². The molecule has 0 amide bonds. The van der Waals surface area contributed by atoms with Crippen LogP contribution in [-0.4, -0.2) is 14.9 Å². The van der Waals surface area contributed by atoms with Gasteiger partial charge in [-0.05, 0) is 17.7 Å². The van der Waals surface area contributed by atoms with E-state index in [0.717, 1.165) is 16.8 Å². The van der Waals surface area contributed by atoms with Crippen LogP contribution in [0.5, 0.6) is 0 Å². The first-order valence-electron chi connectivity index (χ1n) is 6.74. The molecule has 20 heavy (non-hydrogen) atoms. The Morgan fingerprint density at radius 2 is 2.05 bits per heavy atom. The van der Waals surface area contributed by atoms with Crippen LogP contribution >= 0.6 is 0 Å². The molecule has 0 aliphatic rings. The third-order valence-electron chi connectivity index (χ3n) is 3.24. The molecule has 1 atom stereocenters. The van der Waals surface area contributed by atoms with Gasteiger partial charge in [-0.2, -0.15) is 5.10 Å². The molecule has 1 unspecified atom stereocenters. The van der Waals surface area contributed by atoms with Gasteiger partial charge in [-0.1, -0.05) is 32.9 Å². The normalized spacial score (nSPS) is 13.5. The molecule has 0 saturated carbocycles. The van der Waals surface area contributed by atoms with E-state index in [-0.39, 0.29) is 11.2 Å². The van der Waals surface area contributed by atoms with Gasteiger partial charge in [0.2, 0.25) is 0 Å². The molecule has 2 rings (SSSR count). The molecule has 0 aliphatic carbocycles. The van der Waals surface area contributed by atoms with Crippen molar-refractivity contribution in [3.8, 4) is 0 Å². The summed E-state index contributed by atoms with van der Waals surface area (Å²) in [4.78, 5) is 0. The smallest absolute Gasteiger partial charge is 0.123 e. The zero-order chi connectivity index (χ0) is 14.9. The molecule has 4 heteroatoms. The van der Waals surface area contributed by atoms with Crippen molar-refractivity contribution in [1.29, 1.82) is 0 Å². The lowest BCUT2D eigenvalue weighted by Crippen LogP contribution is -2.17. The number of benzene rings is 1. The Bertz CT molecular complexity index is 599. The summed E-state index contributed by atoms with van der Waals surface area (Å²) in [5.74, 6) is -0.281. The standard InChI is InChI=1S/C16H21FN2O/c1-16(2,3)15-13(10-19(4)18-15)14(20)9-11-6-5-7-12(17)8-11/h5-8,10,14,20H,9H2,1-4H3. The zero-order valence-electron chi connectivity index (χ0n) is 12.4. The SMILES string of the molecule is Cn1cc(C(O)Cc2cccc(F)c2)c(C(C)(C)C)n1. The molecule has 0 saturated heterocycles. The lowest BCUT2D eigenvalue weighted by atomic mass is 9.87. The number of hydrogen-bond donors (Lipinski definition) is 1. The Hall–Kier alpha value is -1.68. The van der Waals surface area contributed by atoms with E-state index in [2.05, 4.69) is 25.9 Å². The molecular formula is C16H21FN2O. The van der Waals surface area contributed by atoms with Crippen molar-refractivity contribution in [3.63, 3.8) is 0 Å². The zero-order valence-corrected chi connectivity index (χ0v) is 12.4. The fourth-order valence-corrected chi connectivity index (χ4v) is 2.33. The van der Waals surface area contributed by atoms with Crippen LogP contribution in [0, 0.1) is 5.82 Å². The van der Waals surface area contributed by atoms with E-state index in [1.54, 1.807) is 10.7 Å². The second-order valence-corrected chi connectivity index (χ2v) is 6.21. The van der Waals surface area contributed by atoms with Crippen LogP contribution in [0.3, 0.4) is 0 Å². The lowest BCUT2D eigenvalue weighted by molar-refractivity contribution is 0.176. The number of halogens is 1. The highest BCUT2D eigenvalue weighted by atomic mass is 19.1. The highest BCUT2D eigenvalue weighted by molar-refractivity contribution is 5.28. The Balaban J connectivity index is 2.28. The topological polar surface area (TPSA) is 38.0 Å². The summed E-state index contributed by atoms with van der Waals surface area (Å²) in [6, 6.07) is 6.33. The van der Waals surface area contributed by atoms with Crippen LogP contribution < -0.4 is 0 Å². The van der Waals surface area contributed by atoms with Crippen molar-refractivity contribution >= 4 is 0 Å². The third-order valence-corrected chi connectivity index (χ3v) is 3.24. The maximum atomic E-state index is 13.2. The van der Waals surface area contributed by atoms with E-state index in [1.165, 1.54) is 12.1 Å². The van der Waals surface area contributed by atoms with Crippen molar-refractivity contribution < 1.29 is 9.50 Å². The number of aromatic nitrogens is 2. The third kappa shape index (κ3) is 3.25. The minimum Gasteiger partial charge on any atom is -0.388 e. The van der Waals surface area contributed by atoms with Gasteiger partial charge in [0.1, 0.15) is 5.82 Å². The first-order chi connectivity index (χ1) is 9.27. The fraction of sp³-hybridized carbons (Fsp3) is 0.438.